The highest BCUT2D eigenvalue weighted by atomic mass is 32.1. The van der Waals surface area contributed by atoms with E-state index in [1.165, 1.54) is 22.4 Å². The number of fused-ring (bicyclic) bond motifs is 1. The second-order valence-electron chi connectivity index (χ2n) is 8.63. The second-order valence-corrected chi connectivity index (χ2v) is 9.02. The quantitative estimate of drug-likeness (QED) is 0.723. The van der Waals surface area contributed by atoms with Gasteiger partial charge in [0, 0.05) is 38.1 Å². The minimum absolute atomic E-state index is 0.00389. The van der Waals surface area contributed by atoms with E-state index in [0.717, 1.165) is 17.4 Å². The van der Waals surface area contributed by atoms with E-state index in [4.69, 9.17) is 17.0 Å². The van der Waals surface area contributed by atoms with Crippen LogP contribution in [0.15, 0.2) is 48.7 Å². The van der Waals surface area contributed by atoms with Crippen LogP contribution in [0, 0.1) is 0 Å². The number of benzene rings is 1. The molecule has 2 aliphatic rings. The van der Waals surface area contributed by atoms with E-state index in [1.54, 1.807) is 7.11 Å². The third kappa shape index (κ3) is 3.59. The summed E-state index contributed by atoms with van der Waals surface area (Å²) in [7, 11) is 3.89. The Kier molecular flexibility index (Phi) is 5.55. The van der Waals surface area contributed by atoms with Crippen LogP contribution in [-0.2, 0) is 4.74 Å². The first-order valence-electron chi connectivity index (χ1n) is 10.4. The molecule has 2 atom stereocenters. The summed E-state index contributed by atoms with van der Waals surface area (Å²) in [6, 6.07) is 12.9. The van der Waals surface area contributed by atoms with Gasteiger partial charge in [-0.25, -0.2) is 0 Å². The number of thiocarbonyl (C=S) groups is 1. The molecule has 0 radical (unpaired) electrons. The lowest BCUT2D eigenvalue weighted by atomic mass is 9.86. The summed E-state index contributed by atoms with van der Waals surface area (Å²) in [5, 5.41) is 4.25. The molecule has 30 heavy (non-hydrogen) atoms. The lowest BCUT2D eigenvalue weighted by molar-refractivity contribution is 0.164. The van der Waals surface area contributed by atoms with Gasteiger partial charge in [0.25, 0.3) is 0 Å². The van der Waals surface area contributed by atoms with Crippen LogP contribution < -0.4 is 10.2 Å². The van der Waals surface area contributed by atoms with Crippen molar-refractivity contribution in [2.45, 2.75) is 38.4 Å². The van der Waals surface area contributed by atoms with Crippen molar-refractivity contribution in [3.8, 4) is 0 Å². The molecule has 1 aromatic carbocycles. The monoisotopic (exact) mass is 422 g/mol. The molecule has 3 heterocycles. The van der Waals surface area contributed by atoms with Crippen LogP contribution in [-0.4, -0.2) is 47.8 Å². The summed E-state index contributed by atoms with van der Waals surface area (Å²) < 4.78 is 5.36. The molecular weight excluding hydrogens is 392 g/mol. The fourth-order valence-corrected chi connectivity index (χ4v) is 4.89. The Morgan fingerprint density at radius 1 is 1.23 bits per heavy atom. The van der Waals surface area contributed by atoms with Crippen LogP contribution in [0.2, 0.25) is 0 Å². The van der Waals surface area contributed by atoms with Gasteiger partial charge in [-0.3, -0.25) is 4.98 Å². The lowest BCUT2D eigenvalue weighted by Crippen LogP contribution is -2.42. The van der Waals surface area contributed by atoms with Gasteiger partial charge >= 0.3 is 0 Å². The van der Waals surface area contributed by atoms with E-state index in [1.807, 2.05) is 18.3 Å². The van der Waals surface area contributed by atoms with Gasteiger partial charge in [0.2, 0.25) is 0 Å². The van der Waals surface area contributed by atoms with Crippen LogP contribution in [0.4, 0.5) is 5.69 Å². The predicted molar refractivity (Wildman–Crippen MR) is 127 cm³/mol. The maximum atomic E-state index is 5.71. The number of hydrogen-bond donors (Lipinski definition) is 1. The van der Waals surface area contributed by atoms with Gasteiger partial charge in [0.1, 0.15) is 0 Å². The Hall–Kier alpha value is -2.44. The highest BCUT2D eigenvalue weighted by Gasteiger charge is 2.40. The normalized spacial score (nSPS) is 22.6. The Morgan fingerprint density at radius 2 is 2.03 bits per heavy atom. The van der Waals surface area contributed by atoms with Crippen LogP contribution in [0.25, 0.3) is 5.57 Å². The van der Waals surface area contributed by atoms with Crippen molar-refractivity contribution < 1.29 is 4.74 Å². The molecule has 2 aliphatic heterocycles. The number of nitrogens with one attached hydrogen (secondary N) is 1. The molecule has 1 N–H and O–H groups in total. The van der Waals surface area contributed by atoms with Crippen molar-refractivity contribution in [1.29, 1.82) is 0 Å². The number of allylic oxidation sites excluding steroid dienone is 1. The van der Waals surface area contributed by atoms with Crippen LogP contribution >= 0.6 is 12.2 Å². The first-order chi connectivity index (χ1) is 14.3. The van der Waals surface area contributed by atoms with Crippen molar-refractivity contribution >= 4 is 28.6 Å². The number of nitrogens with zero attached hydrogens (tertiary/aromatic N) is 3. The Balaban J connectivity index is 1.79. The third-order valence-electron chi connectivity index (χ3n) is 6.32. The van der Waals surface area contributed by atoms with Crippen LogP contribution in [0.3, 0.4) is 0 Å². The molecule has 1 aromatic heterocycles. The average molecular weight is 423 g/mol. The molecule has 0 amide bonds. The van der Waals surface area contributed by atoms with Gasteiger partial charge in [0.15, 0.2) is 5.11 Å². The molecule has 6 heteroatoms. The highest BCUT2D eigenvalue weighted by Crippen LogP contribution is 2.43. The van der Waals surface area contributed by atoms with Crippen LogP contribution in [0.1, 0.15) is 49.7 Å². The number of ether oxygens (including phenoxy) is 1. The maximum Gasteiger partial charge on any atom is 0.170 e. The standard InChI is InChI=1S/C24H30N4OS/c1-16-15-24(2,3)27(4)20-10-9-17(14-18(16)20)22-21(19-8-6-7-11-25-19)26-23(30)28(22)12-13-29-5/h6-11,14-15,21-22H,12-13H2,1-5H3,(H,26,30)/t21-,22-/m1/s1. The fourth-order valence-electron chi connectivity index (χ4n) is 4.56. The maximum absolute atomic E-state index is 5.71. The minimum Gasteiger partial charge on any atom is -0.383 e. The molecular formula is C24H30N4OS. The number of aromatic nitrogens is 1. The SMILES string of the molecule is COCCN1C(=S)N[C@H](c2ccccn2)[C@H]1c1ccc2c(c1)C(C)=CC(C)(C)N2C. The molecule has 0 saturated carbocycles. The van der Waals surface area contributed by atoms with Gasteiger partial charge in [-0.15, -0.1) is 0 Å². The molecule has 0 aliphatic carbocycles. The van der Waals surface area contributed by atoms with Crippen molar-refractivity contribution in [2.24, 2.45) is 0 Å². The van der Waals surface area contributed by atoms with Crippen molar-refractivity contribution in [3.63, 3.8) is 0 Å². The number of rotatable bonds is 5. The molecule has 0 bridgehead atoms. The number of pyridine rings is 1. The number of methoxy groups -OCH3 is 1. The number of likely N-dealkylation sites (N-methyl/N-ethyl adjacent to an activating group) is 1. The van der Waals surface area contributed by atoms with E-state index in [-0.39, 0.29) is 17.6 Å². The summed E-state index contributed by atoms with van der Waals surface area (Å²) in [5.74, 6) is 0. The third-order valence-corrected chi connectivity index (χ3v) is 6.67. The van der Waals surface area contributed by atoms with Crippen molar-refractivity contribution in [3.05, 3.63) is 65.5 Å². The van der Waals surface area contributed by atoms with E-state index >= 15 is 0 Å². The minimum atomic E-state index is -0.00403. The fraction of sp³-hybridized carbons (Fsp3) is 0.417. The van der Waals surface area contributed by atoms with Crippen LogP contribution in [0.5, 0.6) is 0 Å². The van der Waals surface area contributed by atoms with E-state index in [9.17, 15) is 0 Å². The first-order valence-corrected chi connectivity index (χ1v) is 10.8. The van der Waals surface area contributed by atoms with Gasteiger partial charge in [-0.05, 0) is 68.4 Å². The summed E-state index contributed by atoms with van der Waals surface area (Å²) in [5.41, 5.74) is 6.06. The summed E-state index contributed by atoms with van der Waals surface area (Å²) in [6.07, 6.45) is 4.18. The molecule has 1 saturated heterocycles. The molecule has 0 spiro atoms. The Labute approximate surface area is 184 Å². The largest absolute Gasteiger partial charge is 0.383 e. The molecule has 0 unspecified atom stereocenters. The molecule has 1 fully saturated rings. The zero-order valence-corrected chi connectivity index (χ0v) is 19.2. The van der Waals surface area contributed by atoms with E-state index in [2.05, 4.69) is 78.3 Å². The highest BCUT2D eigenvalue weighted by molar-refractivity contribution is 7.80. The molecule has 4 rings (SSSR count). The van der Waals surface area contributed by atoms with Gasteiger partial charge in [0.05, 0.1) is 29.9 Å². The Bertz CT molecular complexity index is 972. The molecule has 5 nitrogen and oxygen atoms in total. The number of anilines is 1. The second kappa shape index (κ2) is 8.00. The number of hydrogen-bond acceptors (Lipinski definition) is 4. The molecule has 2 aromatic rings. The average Bonchev–Trinajstić information content (AvgIpc) is 3.06. The topological polar surface area (TPSA) is 40.6 Å². The summed E-state index contributed by atoms with van der Waals surface area (Å²) in [4.78, 5) is 9.19. The van der Waals surface area contributed by atoms with Crippen molar-refractivity contribution in [2.75, 3.05) is 32.2 Å². The predicted octanol–water partition coefficient (Wildman–Crippen LogP) is 4.33. The van der Waals surface area contributed by atoms with Crippen molar-refractivity contribution in [1.82, 2.24) is 15.2 Å². The van der Waals surface area contributed by atoms with E-state index in [0.29, 0.717) is 6.61 Å². The summed E-state index contributed by atoms with van der Waals surface area (Å²) in [6.45, 7) is 8.05. The lowest BCUT2D eigenvalue weighted by Gasteiger charge is -2.41. The first kappa shape index (κ1) is 20.8. The van der Waals surface area contributed by atoms with E-state index < -0.39 is 0 Å². The van der Waals surface area contributed by atoms with Gasteiger partial charge in [-0.1, -0.05) is 18.2 Å². The Morgan fingerprint density at radius 3 is 2.73 bits per heavy atom. The zero-order valence-electron chi connectivity index (χ0n) is 18.3. The molecule has 158 valence electrons. The zero-order chi connectivity index (χ0) is 21.5. The van der Waals surface area contributed by atoms with Gasteiger partial charge in [-0.2, -0.15) is 0 Å². The van der Waals surface area contributed by atoms with Gasteiger partial charge < -0.3 is 19.9 Å². The summed E-state index contributed by atoms with van der Waals surface area (Å²) >= 11 is 5.71. The smallest absolute Gasteiger partial charge is 0.170 e.